The van der Waals surface area contributed by atoms with Gasteiger partial charge in [0.25, 0.3) is 0 Å². The molecule has 5 heteroatoms. The van der Waals surface area contributed by atoms with E-state index >= 15 is 0 Å². The minimum atomic E-state index is -0.0629. The molecular weight excluding hydrogens is 264 g/mol. The van der Waals surface area contributed by atoms with Gasteiger partial charge >= 0.3 is 0 Å². The monoisotopic (exact) mass is 282 g/mol. The fraction of sp³-hybridized carbons (Fsp3) is 0.125. The smallest absolute Gasteiger partial charge is 0.211 e. The average Bonchev–Trinajstić information content (AvgIpc) is 2.50. The lowest BCUT2D eigenvalue weighted by atomic mass is 10.2. The summed E-state index contributed by atoms with van der Waals surface area (Å²) >= 11 is 0. The van der Waals surface area contributed by atoms with Crippen molar-refractivity contribution in [1.29, 1.82) is 0 Å². The van der Waals surface area contributed by atoms with Crippen molar-refractivity contribution in [2.75, 3.05) is 6.61 Å². The number of guanidine groups is 1. The molecule has 0 aliphatic carbocycles. The second-order valence-corrected chi connectivity index (χ2v) is 4.42. The van der Waals surface area contributed by atoms with Crippen LogP contribution >= 0.6 is 0 Å². The largest absolute Gasteiger partial charge is 0.493 e. The maximum Gasteiger partial charge on any atom is 0.211 e. The van der Waals surface area contributed by atoms with E-state index in [0.29, 0.717) is 6.61 Å². The van der Waals surface area contributed by atoms with Crippen molar-refractivity contribution in [3.63, 3.8) is 0 Å². The number of hydrogen-bond donors (Lipinski definition) is 2. The van der Waals surface area contributed by atoms with E-state index in [0.717, 1.165) is 17.7 Å². The third kappa shape index (κ3) is 5.36. The maximum atomic E-state index is 5.70. The second kappa shape index (κ2) is 7.69. The van der Waals surface area contributed by atoms with E-state index in [-0.39, 0.29) is 5.96 Å². The molecule has 21 heavy (non-hydrogen) atoms. The molecule has 0 heterocycles. The number of nitrogens with two attached hydrogens (primary N) is 2. The summed E-state index contributed by atoms with van der Waals surface area (Å²) in [6, 6.07) is 17.8. The molecule has 5 nitrogen and oxygen atoms in total. The van der Waals surface area contributed by atoms with Gasteiger partial charge in [-0.2, -0.15) is 5.10 Å². The molecule has 2 aromatic rings. The Hall–Kier alpha value is -2.82. The zero-order valence-corrected chi connectivity index (χ0v) is 11.6. The van der Waals surface area contributed by atoms with E-state index in [2.05, 4.69) is 22.3 Å². The molecule has 0 atom stereocenters. The molecule has 0 fully saturated rings. The average molecular weight is 282 g/mol. The topological polar surface area (TPSA) is 86.0 Å². The first kappa shape index (κ1) is 14.6. The van der Waals surface area contributed by atoms with Gasteiger partial charge < -0.3 is 16.2 Å². The Labute approximate surface area is 124 Å². The van der Waals surface area contributed by atoms with Gasteiger partial charge in [-0.3, -0.25) is 0 Å². The molecule has 2 rings (SSSR count). The number of ether oxygens (including phenoxy) is 1. The van der Waals surface area contributed by atoms with Gasteiger partial charge in [-0.05, 0) is 35.4 Å². The Kier molecular flexibility index (Phi) is 5.34. The van der Waals surface area contributed by atoms with Crippen molar-refractivity contribution in [2.45, 2.75) is 6.42 Å². The van der Waals surface area contributed by atoms with Crippen molar-refractivity contribution in [3.05, 3.63) is 65.7 Å². The first-order chi connectivity index (χ1) is 10.2. The SMILES string of the molecule is NC(N)=NN=Cc1ccc(OCCc2ccccc2)cc1. The van der Waals surface area contributed by atoms with Gasteiger partial charge in [0, 0.05) is 6.42 Å². The van der Waals surface area contributed by atoms with Gasteiger partial charge in [0.05, 0.1) is 12.8 Å². The minimum absolute atomic E-state index is 0.0629. The van der Waals surface area contributed by atoms with E-state index in [9.17, 15) is 0 Å². The summed E-state index contributed by atoms with van der Waals surface area (Å²) in [5.41, 5.74) is 12.5. The molecule has 0 radical (unpaired) electrons. The molecule has 0 bridgehead atoms. The molecule has 108 valence electrons. The predicted molar refractivity (Wildman–Crippen MR) is 85.5 cm³/mol. The van der Waals surface area contributed by atoms with Crippen LogP contribution in [0.5, 0.6) is 5.75 Å². The predicted octanol–water partition coefficient (Wildman–Crippen LogP) is 1.92. The first-order valence-electron chi connectivity index (χ1n) is 6.63. The van der Waals surface area contributed by atoms with Gasteiger partial charge in [-0.25, -0.2) is 0 Å². The molecular formula is C16H18N4O. The maximum absolute atomic E-state index is 5.70. The Bertz CT molecular complexity index is 602. The zero-order chi connectivity index (χ0) is 14.9. The molecule has 0 aliphatic rings. The van der Waals surface area contributed by atoms with E-state index in [1.54, 1.807) is 6.21 Å². The van der Waals surface area contributed by atoms with Crippen LogP contribution in [-0.2, 0) is 6.42 Å². The van der Waals surface area contributed by atoms with Gasteiger partial charge in [0.15, 0.2) is 0 Å². The highest BCUT2D eigenvalue weighted by molar-refractivity contribution is 5.81. The molecule has 2 aromatic carbocycles. The molecule has 0 spiro atoms. The minimum Gasteiger partial charge on any atom is -0.493 e. The van der Waals surface area contributed by atoms with Crippen LogP contribution in [0.15, 0.2) is 64.8 Å². The van der Waals surface area contributed by atoms with Crippen LogP contribution in [0.4, 0.5) is 0 Å². The van der Waals surface area contributed by atoms with Crippen molar-refractivity contribution in [3.8, 4) is 5.75 Å². The first-order valence-corrected chi connectivity index (χ1v) is 6.63. The van der Waals surface area contributed by atoms with Gasteiger partial charge in [-0.1, -0.05) is 30.3 Å². The van der Waals surface area contributed by atoms with Crippen molar-refractivity contribution in [2.24, 2.45) is 21.7 Å². The van der Waals surface area contributed by atoms with Crippen LogP contribution in [0.2, 0.25) is 0 Å². The zero-order valence-electron chi connectivity index (χ0n) is 11.6. The standard InChI is InChI=1S/C16H18N4O/c17-16(18)20-19-12-14-6-8-15(9-7-14)21-11-10-13-4-2-1-3-5-13/h1-9,12H,10-11H2,(H4,17,18,20). The lowest BCUT2D eigenvalue weighted by Gasteiger charge is -2.06. The normalized spacial score (nSPS) is 10.5. The Morgan fingerprint density at radius 3 is 2.38 bits per heavy atom. The Morgan fingerprint density at radius 2 is 1.71 bits per heavy atom. The highest BCUT2D eigenvalue weighted by atomic mass is 16.5. The third-order valence-corrected chi connectivity index (χ3v) is 2.76. The molecule has 0 saturated heterocycles. The molecule has 4 N–H and O–H groups in total. The van der Waals surface area contributed by atoms with E-state index < -0.39 is 0 Å². The highest BCUT2D eigenvalue weighted by Gasteiger charge is 1.95. The van der Waals surface area contributed by atoms with Crippen LogP contribution in [0.1, 0.15) is 11.1 Å². The molecule has 0 saturated carbocycles. The Balaban J connectivity index is 1.82. The van der Waals surface area contributed by atoms with E-state index in [4.69, 9.17) is 16.2 Å². The fourth-order valence-electron chi connectivity index (χ4n) is 1.74. The lowest BCUT2D eigenvalue weighted by molar-refractivity contribution is 0.322. The van der Waals surface area contributed by atoms with Gasteiger partial charge in [0.2, 0.25) is 5.96 Å². The number of hydrogen-bond acceptors (Lipinski definition) is 3. The van der Waals surface area contributed by atoms with Crippen LogP contribution in [-0.4, -0.2) is 18.8 Å². The molecule has 0 amide bonds. The van der Waals surface area contributed by atoms with Crippen LogP contribution in [0.3, 0.4) is 0 Å². The summed E-state index contributed by atoms with van der Waals surface area (Å²) in [4.78, 5) is 0. The number of rotatable bonds is 6. The summed E-state index contributed by atoms with van der Waals surface area (Å²) in [6.07, 6.45) is 2.46. The van der Waals surface area contributed by atoms with Crippen LogP contribution < -0.4 is 16.2 Å². The number of benzene rings is 2. The quantitative estimate of drug-likeness (QED) is 0.482. The summed E-state index contributed by atoms with van der Waals surface area (Å²) in [7, 11) is 0. The fourth-order valence-corrected chi connectivity index (χ4v) is 1.74. The van der Waals surface area contributed by atoms with Crippen molar-refractivity contribution in [1.82, 2.24) is 0 Å². The molecule has 0 aromatic heterocycles. The number of nitrogens with zero attached hydrogens (tertiary/aromatic N) is 2. The third-order valence-electron chi connectivity index (χ3n) is 2.76. The summed E-state index contributed by atoms with van der Waals surface area (Å²) in [6.45, 7) is 0.644. The summed E-state index contributed by atoms with van der Waals surface area (Å²) in [5.74, 6) is 0.761. The van der Waals surface area contributed by atoms with E-state index in [1.807, 2.05) is 42.5 Å². The summed E-state index contributed by atoms with van der Waals surface area (Å²) in [5, 5.41) is 7.28. The lowest BCUT2D eigenvalue weighted by Crippen LogP contribution is -2.21. The summed E-state index contributed by atoms with van der Waals surface area (Å²) < 4.78 is 5.70. The van der Waals surface area contributed by atoms with E-state index in [1.165, 1.54) is 5.56 Å². The van der Waals surface area contributed by atoms with Crippen LogP contribution in [0, 0.1) is 0 Å². The van der Waals surface area contributed by atoms with Gasteiger partial charge in [-0.15, -0.1) is 5.10 Å². The molecule has 0 aliphatic heterocycles. The molecule has 0 unspecified atom stereocenters. The van der Waals surface area contributed by atoms with Gasteiger partial charge in [0.1, 0.15) is 5.75 Å². The second-order valence-electron chi connectivity index (χ2n) is 4.42. The Morgan fingerprint density at radius 1 is 1.00 bits per heavy atom. The highest BCUT2D eigenvalue weighted by Crippen LogP contribution is 2.12. The van der Waals surface area contributed by atoms with Crippen molar-refractivity contribution >= 4 is 12.2 Å². The van der Waals surface area contributed by atoms with Crippen molar-refractivity contribution < 1.29 is 4.74 Å². The van der Waals surface area contributed by atoms with Crippen LogP contribution in [0.25, 0.3) is 0 Å².